The maximum absolute atomic E-state index is 11.6. The van der Waals surface area contributed by atoms with Crippen LogP contribution in [0.2, 0.25) is 0 Å². The highest BCUT2D eigenvalue weighted by atomic mass is 16.6. The Hall–Kier alpha value is -2.37. The fourth-order valence-corrected chi connectivity index (χ4v) is 1.66. The van der Waals surface area contributed by atoms with Crippen molar-refractivity contribution in [3.05, 3.63) is 44.7 Å². The number of nitro groups is 1. The normalized spacial score (nSPS) is 10.5. The van der Waals surface area contributed by atoms with E-state index in [0.717, 1.165) is 6.42 Å². The summed E-state index contributed by atoms with van der Waals surface area (Å²) in [5, 5.41) is 11.2. The molecule has 0 aliphatic carbocycles. The van der Waals surface area contributed by atoms with E-state index >= 15 is 0 Å². The fourth-order valence-electron chi connectivity index (χ4n) is 1.66. The minimum absolute atomic E-state index is 0.177. The minimum Gasteiger partial charge on any atom is -0.487 e. The average Bonchev–Trinajstić information content (AvgIpc) is 2.35. The molecule has 0 aliphatic rings. The highest BCUT2D eigenvalue weighted by molar-refractivity contribution is 5.83. The monoisotopic (exact) mass is 248 g/mol. The highest BCUT2D eigenvalue weighted by Gasteiger charge is 2.17. The van der Waals surface area contributed by atoms with E-state index in [2.05, 4.69) is 4.98 Å². The summed E-state index contributed by atoms with van der Waals surface area (Å²) in [4.78, 5) is 24.9. The highest BCUT2D eigenvalue weighted by Crippen LogP contribution is 2.30. The van der Waals surface area contributed by atoms with E-state index in [4.69, 9.17) is 4.74 Å². The second-order valence-corrected chi connectivity index (χ2v) is 3.81. The molecule has 0 saturated carbocycles. The van der Waals surface area contributed by atoms with Gasteiger partial charge in [-0.25, -0.2) is 0 Å². The van der Waals surface area contributed by atoms with Gasteiger partial charge in [0.05, 0.1) is 22.4 Å². The van der Waals surface area contributed by atoms with Crippen LogP contribution in [0.3, 0.4) is 0 Å². The lowest BCUT2D eigenvalue weighted by atomic mass is 10.2. The molecule has 2 rings (SSSR count). The number of nitrogens with one attached hydrogen (secondary N) is 1. The zero-order valence-electron chi connectivity index (χ0n) is 9.80. The van der Waals surface area contributed by atoms with Crippen LogP contribution in [0.5, 0.6) is 5.75 Å². The standard InChI is InChI=1S/C12H12N2O4/c1-2-5-18-12-7-9-8(6-10(12)14(16)17)11(15)3-4-13-9/h3-4,6-7H,2,5H2,1H3,(H,13,15). The smallest absolute Gasteiger partial charge is 0.311 e. The van der Waals surface area contributed by atoms with Gasteiger partial charge in [0.1, 0.15) is 0 Å². The number of hydrogen-bond donors (Lipinski definition) is 1. The summed E-state index contributed by atoms with van der Waals surface area (Å²) in [6.07, 6.45) is 2.25. The summed E-state index contributed by atoms with van der Waals surface area (Å²) in [5.41, 5.74) is 0.0840. The third-order valence-corrected chi connectivity index (χ3v) is 2.50. The minimum atomic E-state index is -0.545. The molecule has 1 heterocycles. The summed E-state index contributed by atoms with van der Waals surface area (Å²) in [6, 6.07) is 4.07. The number of ether oxygens (including phenoxy) is 1. The van der Waals surface area contributed by atoms with E-state index in [1.807, 2.05) is 6.92 Å². The summed E-state index contributed by atoms with van der Waals surface area (Å²) < 4.78 is 5.33. The number of aromatic nitrogens is 1. The van der Waals surface area contributed by atoms with Crippen molar-refractivity contribution in [1.29, 1.82) is 0 Å². The molecule has 0 amide bonds. The Morgan fingerprint density at radius 3 is 2.89 bits per heavy atom. The first-order chi connectivity index (χ1) is 8.63. The van der Waals surface area contributed by atoms with E-state index in [0.29, 0.717) is 12.1 Å². The van der Waals surface area contributed by atoms with E-state index in [1.54, 1.807) is 0 Å². The quantitative estimate of drug-likeness (QED) is 0.664. The summed E-state index contributed by atoms with van der Waals surface area (Å²) >= 11 is 0. The van der Waals surface area contributed by atoms with Crippen LogP contribution in [0, 0.1) is 10.1 Å². The molecule has 6 nitrogen and oxygen atoms in total. The van der Waals surface area contributed by atoms with E-state index in [-0.39, 0.29) is 22.3 Å². The van der Waals surface area contributed by atoms with Gasteiger partial charge in [-0.15, -0.1) is 0 Å². The predicted molar refractivity (Wildman–Crippen MR) is 67.0 cm³/mol. The molecule has 1 aromatic carbocycles. The van der Waals surface area contributed by atoms with Gasteiger partial charge in [0.25, 0.3) is 0 Å². The lowest BCUT2D eigenvalue weighted by molar-refractivity contribution is -0.385. The number of benzene rings is 1. The van der Waals surface area contributed by atoms with Gasteiger partial charge in [-0.2, -0.15) is 0 Å². The zero-order chi connectivity index (χ0) is 13.1. The molecule has 0 atom stereocenters. The Balaban J connectivity index is 2.65. The number of H-pyrrole nitrogens is 1. The van der Waals surface area contributed by atoms with Crippen molar-refractivity contribution in [3.8, 4) is 5.75 Å². The van der Waals surface area contributed by atoms with Crippen LogP contribution in [0.15, 0.2) is 29.2 Å². The summed E-state index contributed by atoms with van der Waals surface area (Å²) in [7, 11) is 0. The SMILES string of the molecule is CCCOc1cc2[nH]ccc(=O)c2cc1[N+](=O)[O-]. The van der Waals surface area contributed by atoms with Crippen molar-refractivity contribution in [3.63, 3.8) is 0 Å². The van der Waals surface area contributed by atoms with Gasteiger partial charge in [-0.3, -0.25) is 14.9 Å². The van der Waals surface area contributed by atoms with Gasteiger partial charge in [-0.1, -0.05) is 6.92 Å². The zero-order valence-corrected chi connectivity index (χ0v) is 9.80. The van der Waals surface area contributed by atoms with Crippen molar-refractivity contribution >= 4 is 16.6 Å². The molecule has 94 valence electrons. The number of nitrogens with zero attached hydrogens (tertiary/aromatic N) is 1. The van der Waals surface area contributed by atoms with Gasteiger partial charge < -0.3 is 9.72 Å². The maximum atomic E-state index is 11.6. The van der Waals surface area contributed by atoms with Crippen LogP contribution in [0.1, 0.15) is 13.3 Å². The van der Waals surface area contributed by atoms with Crippen molar-refractivity contribution in [2.75, 3.05) is 6.61 Å². The molecule has 6 heteroatoms. The Bertz CT molecular complexity index is 648. The molecule has 0 spiro atoms. The first-order valence-electron chi connectivity index (χ1n) is 5.56. The van der Waals surface area contributed by atoms with Crippen molar-refractivity contribution in [1.82, 2.24) is 4.98 Å². The number of rotatable bonds is 4. The Labute approximate surface area is 102 Å². The Kier molecular flexibility index (Phi) is 3.27. The van der Waals surface area contributed by atoms with Gasteiger partial charge in [0, 0.05) is 24.4 Å². The van der Waals surface area contributed by atoms with E-state index in [9.17, 15) is 14.9 Å². The third-order valence-electron chi connectivity index (χ3n) is 2.50. The lowest BCUT2D eigenvalue weighted by Gasteiger charge is -2.06. The molecule has 0 unspecified atom stereocenters. The third kappa shape index (κ3) is 2.17. The molecule has 18 heavy (non-hydrogen) atoms. The fraction of sp³-hybridized carbons (Fsp3) is 0.250. The largest absolute Gasteiger partial charge is 0.487 e. The molecule has 2 aromatic rings. The Morgan fingerprint density at radius 1 is 1.44 bits per heavy atom. The topological polar surface area (TPSA) is 85.2 Å². The van der Waals surface area contributed by atoms with Crippen LogP contribution < -0.4 is 10.2 Å². The summed E-state index contributed by atoms with van der Waals surface area (Å²) in [6.45, 7) is 2.30. The first-order valence-corrected chi connectivity index (χ1v) is 5.56. The first kappa shape index (κ1) is 12.1. The van der Waals surface area contributed by atoms with Crippen LogP contribution in [-0.2, 0) is 0 Å². The maximum Gasteiger partial charge on any atom is 0.311 e. The van der Waals surface area contributed by atoms with Gasteiger partial charge >= 0.3 is 5.69 Å². The number of nitro benzene ring substituents is 1. The number of aromatic amines is 1. The molecule has 0 radical (unpaired) electrons. The Morgan fingerprint density at radius 2 is 2.22 bits per heavy atom. The molecular weight excluding hydrogens is 236 g/mol. The van der Waals surface area contributed by atoms with Crippen molar-refractivity contribution in [2.24, 2.45) is 0 Å². The summed E-state index contributed by atoms with van der Waals surface area (Å²) in [5.74, 6) is 0.177. The second-order valence-electron chi connectivity index (χ2n) is 3.81. The van der Waals surface area contributed by atoms with E-state index in [1.165, 1.54) is 24.4 Å². The van der Waals surface area contributed by atoms with Crippen LogP contribution >= 0.6 is 0 Å². The number of pyridine rings is 1. The number of fused-ring (bicyclic) bond motifs is 1. The molecule has 0 bridgehead atoms. The predicted octanol–water partition coefficient (Wildman–Crippen LogP) is 2.23. The van der Waals surface area contributed by atoms with E-state index < -0.39 is 4.92 Å². The van der Waals surface area contributed by atoms with Crippen molar-refractivity contribution < 1.29 is 9.66 Å². The average molecular weight is 248 g/mol. The molecule has 0 fully saturated rings. The van der Waals surface area contributed by atoms with Gasteiger partial charge in [0.2, 0.25) is 0 Å². The molecule has 0 saturated heterocycles. The van der Waals surface area contributed by atoms with Crippen LogP contribution in [-0.4, -0.2) is 16.5 Å². The molecule has 0 aliphatic heterocycles. The number of hydrogen-bond acceptors (Lipinski definition) is 4. The van der Waals surface area contributed by atoms with Gasteiger partial charge in [-0.05, 0) is 6.42 Å². The molecule has 1 aromatic heterocycles. The lowest BCUT2D eigenvalue weighted by Crippen LogP contribution is -2.04. The van der Waals surface area contributed by atoms with Gasteiger partial charge in [0.15, 0.2) is 11.2 Å². The van der Waals surface area contributed by atoms with Crippen LogP contribution in [0.25, 0.3) is 10.9 Å². The second kappa shape index (κ2) is 4.87. The molecular formula is C12H12N2O4. The van der Waals surface area contributed by atoms with Crippen LogP contribution in [0.4, 0.5) is 5.69 Å². The molecule has 1 N–H and O–H groups in total. The van der Waals surface area contributed by atoms with Crippen molar-refractivity contribution in [2.45, 2.75) is 13.3 Å².